The van der Waals surface area contributed by atoms with Gasteiger partial charge in [-0.25, -0.2) is 0 Å². The van der Waals surface area contributed by atoms with Gasteiger partial charge in [0.25, 0.3) is 5.91 Å². The van der Waals surface area contributed by atoms with Gasteiger partial charge < -0.3 is 5.32 Å². The monoisotopic (exact) mass is 350 g/mol. The molecule has 0 bridgehead atoms. The lowest BCUT2D eigenvalue weighted by Gasteiger charge is -2.29. The molecule has 0 radical (unpaired) electrons. The third-order valence-electron chi connectivity index (χ3n) is 5.63. The van der Waals surface area contributed by atoms with E-state index < -0.39 is 0 Å². The summed E-state index contributed by atoms with van der Waals surface area (Å²) in [5.41, 5.74) is 2.81. The zero-order chi connectivity index (χ0) is 18.2. The van der Waals surface area contributed by atoms with Crippen molar-refractivity contribution in [2.24, 2.45) is 5.92 Å². The predicted molar refractivity (Wildman–Crippen MR) is 107 cm³/mol. The van der Waals surface area contributed by atoms with Crippen LogP contribution in [0.5, 0.6) is 0 Å². The van der Waals surface area contributed by atoms with Crippen molar-refractivity contribution in [1.29, 1.82) is 0 Å². The highest BCUT2D eigenvalue weighted by atomic mass is 16.1. The smallest absolute Gasteiger partial charge is 0.255 e. The molecule has 0 atom stereocenters. The maximum absolute atomic E-state index is 12.3. The van der Waals surface area contributed by atoms with Gasteiger partial charge >= 0.3 is 0 Å². The van der Waals surface area contributed by atoms with Crippen molar-refractivity contribution in [3.63, 3.8) is 0 Å². The van der Waals surface area contributed by atoms with Gasteiger partial charge in [0.05, 0.1) is 11.9 Å². The summed E-state index contributed by atoms with van der Waals surface area (Å²) in [6, 6.07) is 11.8. The van der Waals surface area contributed by atoms with Crippen LogP contribution in [0.2, 0.25) is 0 Å². The average Bonchev–Trinajstić information content (AvgIpc) is 2.70. The van der Waals surface area contributed by atoms with Gasteiger partial charge in [0.15, 0.2) is 0 Å². The van der Waals surface area contributed by atoms with Gasteiger partial charge in [-0.05, 0) is 67.3 Å². The van der Waals surface area contributed by atoms with Crippen LogP contribution in [-0.4, -0.2) is 10.9 Å². The molecule has 0 aliphatic heterocycles. The molecule has 1 amide bonds. The zero-order valence-corrected chi connectivity index (χ0v) is 15.8. The van der Waals surface area contributed by atoms with Gasteiger partial charge in [0.2, 0.25) is 0 Å². The van der Waals surface area contributed by atoms with Crippen molar-refractivity contribution < 1.29 is 4.79 Å². The summed E-state index contributed by atoms with van der Waals surface area (Å²) in [6.45, 7) is 2.28. The summed E-state index contributed by atoms with van der Waals surface area (Å²) < 4.78 is 0. The summed E-state index contributed by atoms with van der Waals surface area (Å²) >= 11 is 0. The Hall–Kier alpha value is -2.16. The molecule has 0 saturated heterocycles. The highest BCUT2D eigenvalue weighted by Crippen LogP contribution is 2.37. The normalized spacial score (nSPS) is 19.9. The maximum atomic E-state index is 12.3. The lowest BCUT2D eigenvalue weighted by Crippen LogP contribution is -2.14. The number of hydrogen-bond donors (Lipinski definition) is 1. The molecule has 1 saturated carbocycles. The topological polar surface area (TPSA) is 42.0 Å². The van der Waals surface area contributed by atoms with Gasteiger partial charge in [-0.3, -0.25) is 9.78 Å². The van der Waals surface area contributed by atoms with Gasteiger partial charge in [-0.1, -0.05) is 44.7 Å². The van der Waals surface area contributed by atoms with E-state index in [1.54, 1.807) is 12.4 Å². The molecule has 3 rings (SSSR count). The minimum atomic E-state index is -0.0795. The number of amides is 1. The fourth-order valence-corrected chi connectivity index (χ4v) is 4.01. The molecule has 1 aromatic heterocycles. The van der Waals surface area contributed by atoms with Crippen LogP contribution in [0.1, 0.15) is 80.1 Å². The Morgan fingerprint density at radius 2 is 1.85 bits per heavy atom. The molecular formula is C23H30N2O. The highest BCUT2D eigenvalue weighted by molar-refractivity contribution is 6.04. The molecule has 1 aromatic carbocycles. The van der Waals surface area contributed by atoms with Gasteiger partial charge in [0.1, 0.15) is 0 Å². The third-order valence-corrected chi connectivity index (χ3v) is 5.63. The van der Waals surface area contributed by atoms with Crippen molar-refractivity contribution in [1.82, 2.24) is 4.98 Å². The Bertz CT molecular complexity index is 673. The van der Waals surface area contributed by atoms with Crippen LogP contribution < -0.4 is 5.32 Å². The number of aromatic nitrogens is 1. The van der Waals surface area contributed by atoms with E-state index in [4.69, 9.17) is 0 Å². The van der Waals surface area contributed by atoms with Crippen LogP contribution in [0.3, 0.4) is 0 Å². The number of carbonyl (C=O) groups excluding carboxylic acids is 1. The fraction of sp³-hybridized carbons (Fsp3) is 0.478. The van der Waals surface area contributed by atoms with Crippen LogP contribution in [0.15, 0.2) is 48.8 Å². The molecule has 138 valence electrons. The van der Waals surface area contributed by atoms with Crippen LogP contribution in [-0.2, 0) is 0 Å². The van der Waals surface area contributed by atoms with E-state index in [-0.39, 0.29) is 5.91 Å². The van der Waals surface area contributed by atoms with Crippen molar-refractivity contribution >= 4 is 11.6 Å². The molecular weight excluding hydrogens is 320 g/mol. The zero-order valence-electron chi connectivity index (χ0n) is 15.8. The van der Waals surface area contributed by atoms with Crippen LogP contribution in [0.4, 0.5) is 5.69 Å². The second-order valence-corrected chi connectivity index (χ2v) is 7.53. The van der Waals surface area contributed by atoms with E-state index >= 15 is 0 Å². The van der Waals surface area contributed by atoms with E-state index in [0.29, 0.717) is 11.5 Å². The molecule has 1 aliphatic rings. The largest absolute Gasteiger partial charge is 0.321 e. The number of pyridine rings is 1. The molecule has 26 heavy (non-hydrogen) atoms. The third kappa shape index (κ3) is 5.17. The lowest BCUT2D eigenvalue weighted by atomic mass is 9.77. The minimum Gasteiger partial charge on any atom is -0.321 e. The SMILES string of the molecule is CCCCCC1CCC(c2ccc(C(=O)Nc3cccnc3)cc2)CC1. The van der Waals surface area contributed by atoms with Crippen molar-refractivity contribution in [3.05, 3.63) is 59.9 Å². The van der Waals surface area contributed by atoms with Gasteiger partial charge in [-0.15, -0.1) is 0 Å². The summed E-state index contributed by atoms with van der Waals surface area (Å²) in [4.78, 5) is 16.4. The van der Waals surface area contributed by atoms with E-state index in [0.717, 1.165) is 11.6 Å². The number of rotatable bonds is 7. The Balaban J connectivity index is 1.51. The second-order valence-electron chi connectivity index (χ2n) is 7.53. The number of anilines is 1. The quantitative estimate of drug-likeness (QED) is 0.605. The van der Waals surface area contributed by atoms with Crippen LogP contribution in [0, 0.1) is 5.92 Å². The minimum absolute atomic E-state index is 0.0795. The summed E-state index contributed by atoms with van der Waals surface area (Å²) in [5, 5.41) is 2.89. The number of nitrogens with one attached hydrogen (secondary N) is 1. The van der Waals surface area contributed by atoms with Crippen molar-refractivity contribution in [3.8, 4) is 0 Å². The van der Waals surface area contributed by atoms with E-state index in [1.165, 1.54) is 56.9 Å². The number of nitrogens with zero attached hydrogens (tertiary/aromatic N) is 1. The van der Waals surface area contributed by atoms with Crippen LogP contribution in [0.25, 0.3) is 0 Å². The highest BCUT2D eigenvalue weighted by Gasteiger charge is 2.22. The van der Waals surface area contributed by atoms with E-state index in [1.807, 2.05) is 24.3 Å². The molecule has 0 unspecified atom stereocenters. The molecule has 1 N–H and O–H groups in total. The Morgan fingerprint density at radius 3 is 2.50 bits per heavy atom. The van der Waals surface area contributed by atoms with E-state index in [9.17, 15) is 4.79 Å². The molecule has 1 heterocycles. The Labute approximate surface area is 157 Å². The summed E-state index contributed by atoms with van der Waals surface area (Å²) in [6.07, 6.45) is 14.2. The number of benzene rings is 1. The summed E-state index contributed by atoms with van der Waals surface area (Å²) in [7, 11) is 0. The standard InChI is InChI=1S/C23H30N2O/c1-2-3-4-6-18-8-10-19(11-9-18)20-12-14-21(15-13-20)23(26)25-22-7-5-16-24-17-22/h5,7,12-19H,2-4,6,8-11H2,1H3,(H,25,26). The number of hydrogen-bond acceptors (Lipinski definition) is 2. The first-order chi connectivity index (χ1) is 12.8. The van der Waals surface area contributed by atoms with E-state index in [2.05, 4.69) is 29.4 Å². The van der Waals surface area contributed by atoms with Gasteiger partial charge in [-0.2, -0.15) is 0 Å². The van der Waals surface area contributed by atoms with Crippen LogP contribution >= 0.6 is 0 Å². The van der Waals surface area contributed by atoms with Crippen molar-refractivity contribution in [2.75, 3.05) is 5.32 Å². The van der Waals surface area contributed by atoms with Gasteiger partial charge in [0, 0.05) is 11.8 Å². The number of unbranched alkanes of at least 4 members (excludes halogenated alkanes) is 2. The summed E-state index contributed by atoms with van der Waals surface area (Å²) in [5.74, 6) is 1.51. The first-order valence-corrected chi connectivity index (χ1v) is 10.1. The molecule has 0 spiro atoms. The second kappa shape index (κ2) is 9.51. The lowest BCUT2D eigenvalue weighted by molar-refractivity contribution is 0.102. The van der Waals surface area contributed by atoms with Crippen molar-refractivity contribution in [2.45, 2.75) is 64.2 Å². The predicted octanol–water partition coefficient (Wildman–Crippen LogP) is 6.19. The average molecular weight is 351 g/mol. The maximum Gasteiger partial charge on any atom is 0.255 e. The fourth-order valence-electron chi connectivity index (χ4n) is 4.01. The molecule has 1 aliphatic carbocycles. The number of carbonyl (C=O) groups is 1. The molecule has 1 fully saturated rings. The Morgan fingerprint density at radius 1 is 1.08 bits per heavy atom. The first kappa shape index (κ1) is 18.6. The molecule has 3 heteroatoms. The molecule has 2 aromatic rings. The Kier molecular flexibility index (Phi) is 6.82. The molecule has 3 nitrogen and oxygen atoms in total. The first-order valence-electron chi connectivity index (χ1n) is 10.1.